The third kappa shape index (κ3) is 8.06. The highest BCUT2D eigenvalue weighted by Crippen LogP contribution is 2.70. The molecule has 0 bridgehead atoms. The standard InChI is InChI=1S/C19H8F33O5P.2H3N/c20-4(21,1-3(53)2-57-58(54,55)56)5(22,23)6(24,25)7(26,27)8(28,29)9(30,31)10(32,33)11(34,35)12(36,37)13(38,39)14(40,41)15(42,43)16(44,45)17(46,47)18(48,49)19(50,51)52;;/h3,53H,1-2H2,(H2,54,55,56);2*1H3. The second-order valence-corrected chi connectivity index (χ2v) is 12.0. The number of alkyl halides is 33. The Labute approximate surface area is 304 Å². The first-order valence-corrected chi connectivity index (χ1v) is 13.9. The monoisotopic (exact) mass is 1010 g/mol. The van der Waals surface area contributed by atoms with Gasteiger partial charge in [0, 0.05) is 6.42 Å². The van der Waals surface area contributed by atoms with Crippen molar-refractivity contribution < 1.29 is 169 Å². The first-order valence-electron chi connectivity index (χ1n) is 12.4. The zero-order valence-corrected chi connectivity index (χ0v) is 27.9. The molecule has 0 aliphatic carbocycles. The van der Waals surface area contributed by atoms with Crippen molar-refractivity contribution in [3.8, 4) is 0 Å². The molecular formula is C19H14F33N2O5P. The number of phosphoric acid groups is 1. The van der Waals surface area contributed by atoms with E-state index in [0.717, 1.165) is 0 Å². The van der Waals surface area contributed by atoms with Crippen molar-refractivity contribution in [3.63, 3.8) is 0 Å². The Morgan fingerprint density at radius 3 is 0.700 bits per heavy atom. The summed E-state index contributed by atoms with van der Waals surface area (Å²) in [6, 6.07) is 0. The number of rotatable bonds is 19. The highest BCUT2D eigenvalue weighted by molar-refractivity contribution is 7.43. The molecule has 0 amide bonds. The van der Waals surface area contributed by atoms with Crippen LogP contribution in [0.2, 0.25) is 0 Å². The molecular weight excluding hydrogens is 994 g/mol. The van der Waals surface area contributed by atoms with E-state index in [-0.39, 0.29) is 12.3 Å². The van der Waals surface area contributed by atoms with Gasteiger partial charge < -0.3 is 36.3 Å². The second-order valence-electron chi connectivity index (χ2n) is 10.8. The summed E-state index contributed by atoms with van der Waals surface area (Å²) in [4.78, 5) is 20.3. The molecule has 0 aromatic heterocycles. The van der Waals surface area contributed by atoms with Gasteiger partial charge in [0.2, 0.25) is 0 Å². The van der Waals surface area contributed by atoms with Crippen LogP contribution >= 0.6 is 7.82 Å². The summed E-state index contributed by atoms with van der Waals surface area (Å²) in [5.74, 6) is -145. The topological polar surface area (TPSA) is 166 Å². The van der Waals surface area contributed by atoms with Crippen LogP contribution in [0.25, 0.3) is 0 Å². The van der Waals surface area contributed by atoms with Gasteiger partial charge in [0.1, 0.15) is 0 Å². The van der Waals surface area contributed by atoms with Crippen LogP contribution in [0.3, 0.4) is 0 Å². The molecule has 0 saturated heterocycles. The van der Waals surface area contributed by atoms with Crippen LogP contribution in [-0.4, -0.2) is 113 Å². The largest absolute Gasteiger partial charge is 0.790 e. The van der Waals surface area contributed by atoms with Gasteiger partial charge in [0.25, 0.3) is 0 Å². The predicted molar refractivity (Wildman–Crippen MR) is 116 cm³/mol. The lowest BCUT2D eigenvalue weighted by Crippen LogP contribution is -2.80. The quantitative estimate of drug-likeness (QED) is 0.0866. The smallest absolute Gasteiger partial charge is 0.460 e. The van der Waals surface area contributed by atoms with E-state index in [1.165, 1.54) is 0 Å². The minimum absolute atomic E-state index is 0. The Balaban J connectivity index is -0.0000162. The van der Waals surface area contributed by atoms with E-state index < -0.39 is 122 Å². The molecule has 41 heteroatoms. The fourth-order valence-electron chi connectivity index (χ4n) is 3.43. The van der Waals surface area contributed by atoms with Gasteiger partial charge in [-0.05, 0) is 0 Å². The van der Waals surface area contributed by atoms with E-state index >= 15 is 0 Å². The van der Waals surface area contributed by atoms with Gasteiger partial charge in [-0.1, -0.05) is 0 Å². The Bertz CT molecular complexity index is 1540. The molecule has 1 atom stereocenters. The molecule has 0 aromatic carbocycles. The molecule has 0 fully saturated rings. The Morgan fingerprint density at radius 2 is 0.533 bits per heavy atom. The molecule has 60 heavy (non-hydrogen) atoms. The summed E-state index contributed by atoms with van der Waals surface area (Å²) in [7, 11) is -6.50. The van der Waals surface area contributed by atoms with Crippen LogP contribution in [0.1, 0.15) is 6.42 Å². The Kier molecular flexibility index (Phi) is 16.3. The normalized spacial score (nSPS) is 16.9. The maximum Gasteiger partial charge on any atom is 0.460 e. The van der Waals surface area contributed by atoms with Gasteiger partial charge in [-0.25, -0.2) is 0 Å². The van der Waals surface area contributed by atoms with Gasteiger partial charge >= 0.3 is 95.0 Å². The number of quaternary nitrogens is 2. The number of hydrogen-bond donors (Lipinski definition) is 3. The van der Waals surface area contributed by atoms with Crippen molar-refractivity contribution in [2.24, 2.45) is 0 Å². The summed E-state index contributed by atoms with van der Waals surface area (Å²) in [6.45, 7) is -2.61. The van der Waals surface area contributed by atoms with Crippen molar-refractivity contribution in [2.45, 2.75) is 108 Å². The number of hydrogen-bond acceptors (Lipinski definition) is 5. The van der Waals surface area contributed by atoms with E-state index in [9.17, 15) is 159 Å². The number of halogens is 33. The molecule has 0 aromatic rings. The molecule has 0 rings (SSSR count). The third-order valence-corrected chi connectivity index (χ3v) is 7.32. The van der Waals surface area contributed by atoms with Gasteiger partial charge in [-0.3, -0.25) is 0 Å². The van der Waals surface area contributed by atoms with E-state index in [1.807, 2.05) is 0 Å². The Morgan fingerprint density at radius 1 is 0.367 bits per heavy atom. The van der Waals surface area contributed by atoms with Crippen molar-refractivity contribution in [1.29, 1.82) is 0 Å². The molecule has 0 spiro atoms. The average Bonchev–Trinajstić information content (AvgIpc) is 2.97. The summed E-state index contributed by atoms with van der Waals surface area (Å²) in [5.41, 5.74) is 0. The fourth-order valence-corrected chi connectivity index (χ4v) is 3.79. The highest BCUT2D eigenvalue weighted by Gasteiger charge is 3.01. The van der Waals surface area contributed by atoms with E-state index in [1.54, 1.807) is 0 Å². The lowest BCUT2D eigenvalue weighted by atomic mass is 9.82. The van der Waals surface area contributed by atoms with Crippen molar-refractivity contribution in [3.05, 3.63) is 0 Å². The third-order valence-electron chi connectivity index (χ3n) is 6.86. The van der Waals surface area contributed by atoms with E-state index in [0.29, 0.717) is 0 Å². The predicted octanol–water partition coefficient (Wildman–Crippen LogP) is 9.43. The molecule has 0 aliphatic rings. The molecule has 0 saturated carbocycles. The van der Waals surface area contributed by atoms with Crippen molar-refractivity contribution >= 4 is 7.82 Å². The minimum atomic E-state index is -10.3. The van der Waals surface area contributed by atoms with Crippen LogP contribution in [0.15, 0.2) is 0 Å². The minimum Gasteiger partial charge on any atom is -0.790 e. The summed E-state index contributed by atoms with van der Waals surface area (Å²) in [5, 5.41) is 8.86. The Hall–Kier alpha value is -2.32. The van der Waals surface area contributed by atoms with Gasteiger partial charge in [0.05, 0.1) is 20.5 Å². The van der Waals surface area contributed by atoms with Crippen LogP contribution in [0.5, 0.6) is 0 Å². The van der Waals surface area contributed by atoms with E-state index in [2.05, 4.69) is 4.52 Å². The second kappa shape index (κ2) is 15.7. The van der Waals surface area contributed by atoms with Gasteiger partial charge in [0.15, 0.2) is 0 Å². The zero-order chi connectivity index (χ0) is 48.2. The van der Waals surface area contributed by atoms with Crippen LogP contribution in [0, 0.1) is 0 Å². The van der Waals surface area contributed by atoms with E-state index in [4.69, 9.17) is 5.11 Å². The van der Waals surface area contributed by atoms with Crippen molar-refractivity contribution in [2.75, 3.05) is 6.61 Å². The fraction of sp³-hybridized carbons (Fsp3) is 1.00. The number of aliphatic hydroxyl groups is 1. The van der Waals surface area contributed by atoms with Crippen LogP contribution < -0.4 is 22.1 Å². The van der Waals surface area contributed by atoms with Gasteiger partial charge in [-0.2, -0.15) is 145 Å². The molecule has 0 aliphatic heterocycles. The SMILES string of the molecule is O=P([O-])([O-])OCC(O)CC(F)(F)C(F)(F)C(F)(F)C(F)(F)C(F)(F)C(F)(F)C(F)(F)C(F)(F)C(F)(F)C(F)(F)C(F)(F)C(F)(F)C(F)(F)C(F)(F)C(F)(F)C(F)(F)F.[NH4+].[NH4+]. The average molecular weight is 1010 g/mol. The van der Waals surface area contributed by atoms with Crippen LogP contribution in [-0.2, 0) is 9.09 Å². The number of aliphatic hydroxyl groups excluding tert-OH is 1. The molecule has 366 valence electrons. The molecule has 9 N–H and O–H groups in total. The lowest BCUT2D eigenvalue weighted by molar-refractivity contribution is -0.491. The molecule has 1 unspecified atom stereocenters. The van der Waals surface area contributed by atoms with Gasteiger partial charge in [-0.15, -0.1) is 0 Å². The summed E-state index contributed by atoms with van der Waals surface area (Å²) >= 11 is 0. The summed E-state index contributed by atoms with van der Waals surface area (Å²) in [6.07, 6.45) is -16.1. The highest BCUT2D eigenvalue weighted by atomic mass is 31.2. The maximum atomic E-state index is 14.0. The number of phosphoric ester groups is 1. The first-order chi connectivity index (χ1) is 24.4. The maximum absolute atomic E-state index is 14.0. The molecule has 7 nitrogen and oxygen atoms in total. The van der Waals surface area contributed by atoms with Crippen molar-refractivity contribution in [1.82, 2.24) is 12.3 Å². The molecule has 0 heterocycles. The van der Waals surface area contributed by atoms with Crippen LogP contribution in [0.4, 0.5) is 145 Å². The lowest BCUT2D eigenvalue weighted by Gasteiger charge is -2.47. The first kappa shape index (κ1) is 62.0. The summed E-state index contributed by atoms with van der Waals surface area (Å²) < 4.78 is 461. The zero-order valence-electron chi connectivity index (χ0n) is 27.0. The molecule has 0 radical (unpaired) electrons.